The molecule has 0 saturated heterocycles. The zero-order valence-corrected chi connectivity index (χ0v) is 14.4. The van der Waals surface area contributed by atoms with Gasteiger partial charge in [0, 0.05) is 12.1 Å². The van der Waals surface area contributed by atoms with E-state index in [1.807, 2.05) is 19.1 Å². The lowest BCUT2D eigenvalue weighted by Crippen LogP contribution is -2.23. The summed E-state index contributed by atoms with van der Waals surface area (Å²) in [7, 11) is 0. The Labute approximate surface area is 146 Å². The van der Waals surface area contributed by atoms with Crippen molar-refractivity contribution in [2.75, 3.05) is 10.6 Å². The first-order chi connectivity index (χ1) is 11.6. The van der Waals surface area contributed by atoms with Crippen molar-refractivity contribution in [2.24, 2.45) is 0 Å². The van der Waals surface area contributed by atoms with Crippen LogP contribution in [0.25, 0.3) is 0 Å². The largest absolute Gasteiger partial charge is 0.367 e. The quantitative estimate of drug-likeness (QED) is 0.860. The fourth-order valence-electron chi connectivity index (χ4n) is 2.92. The van der Waals surface area contributed by atoms with Gasteiger partial charge < -0.3 is 10.6 Å². The molecule has 2 aromatic rings. The third-order valence-corrected chi connectivity index (χ3v) is 4.54. The molecule has 3 rings (SSSR count). The number of anilines is 2. The van der Waals surface area contributed by atoms with Gasteiger partial charge in [-0.05, 0) is 37.5 Å². The summed E-state index contributed by atoms with van der Waals surface area (Å²) < 4.78 is 0. The third-order valence-electron chi connectivity index (χ3n) is 4.23. The Morgan fingerprint density at radius 2 is 1.96 bits per heavy atom. The van der Waals surface area contributed by atoms with Crippen molar-refractivity contribution in [3.05, 3.63) is 46.9 Å². The standard InChI is InChI=1S/C18H21ClN4O/c1-12-7-8-15(14(19)9-12)23-18(24)16-10-17(21-11-20-16)22-13-5-3-2-4-6-13/h7-11,13H,2-6H2,1H3,(H,23,24)(H,20,21,22). The predicted octanol–water partition coefficient (Wildman–Crippen LogP) is 4.44. The zero-order valence-electron chi connectivity index (χ0n) is 13.7. The van der Waals surface area contributed by atoms with Crippen LogP contribution in [0.4, 0.5) is 11.5 Å². The first-order valence-corrected chi connectivity index (χ1v) is 8.66. The van der Waals surface area contributed by atoms with Gasteiger partial charge in [-0.1, -0.05) is 36.9 Å². The van der Waals surface area contributed by atoms with Crippen LogP contribution in [0.5, 0.6) is 0 Å². The average Bonchev–Trinajstić information content (AvgIpc) is 2.58. The smallest absolute Gasteiger partial charge is 0.274 e. The SMILES string of the molecule is Cc1ccc(NC(=O)c2cc(NC3CCCCC3)ncn2)c(Cl)c1. The molecule has 126 valence electrons. The lowest BCUT2D eigenvalue weighted by molar-refractivity contribution is 0.102. The molecule has 1 aliphatic carbocycles. The molecule has 1 aromatic carbocycles. The number of rotatable bonds is 4. The van der Waals surface area contributed by atoms with Crippen molar-refractivity contribution in [3.8, 4) is 0 Å². The summed E-state index contributed by atoms with van der Waals surface area (Å²) in [5.74, 6) is 0.395. The molecule has 24 heavy (non-hydrogen) atoms. The molecule has 1 heterocycles. The number of benzene rings is 1. The highest BCUT2D eigenvalue weighted by molar-refractivity contribution is 6.34. The molecule has 6 heteroatoms. The summed E-state index contributed by atoms with van der Waals surface area (Å²) in [5, 5.41) is 6.71. The van der Waals surface area contributed by atoms with Crippen molar-refractivity contribution >= 4 is 29.0 Å². The molecule has 1 fully saturated rings. The number of nitrogens with zero attached hydrogens (tertiary/aromatic N) is 2. The minimum atomic E-state index is -0.296. The average molecular weight is 345 g/mol. The van der Waals surface area contributed by atoms with E-state index in [1.165, 1.54) is 25.6 Å². The van der Waals surface area contributed by atoms with Gasteiger partial charge in [0.05, 0.1) is 10.7 Å². The van der Waals surface area contributed by atoms with Gasteiger partial charge in [-0.2, -0.15) is 0 Å². The molecule has 5 nitrogen and oxygen atoms in total. The highest BCUT2D eigenvalue weighted by Crippen LogP contribution is 2.24. The van der Waals surface area contributed by atoms with Crippen LogP contribution in [-0.4, -0.2) is 21.9 Å². The van der Waals surface area contributed by atoms with Gasteiger partial charge in [0.25, 0.3) is 5.91 Å². The second-order valence-corrected chi connectivity index (χ2v) is 6.61. The van der Waals surface area contributed by atoms with Crippen molar-refractivity contribution < 1.29 is 4.79 Å². The fourth-order valence-corrected chi connectivity index (χ4v) is 3.21. The number of aryl methyl sites for hydroxylation is 1. The van der Waals surface area contributed by atoms with Crippen molar-refractivity contribution in [1.82, 2.24) is 9.97 Å². The van der Waals surface area contributed by atoms with Crippen molar-refractivity contribution in [2.45, 2.75) is 45.1 Å². The third kappa shape index (κ3) is 4.23. The number of carbonyl (C=O) groups excluding carboxylic acids is 1. The maximum Gasteiger partial charge on any atom is 0.274 e. The summed E-state index contributed by atoms with van der Waals surface area (Å²) >= 11 is 6.16. The van der Waals surface area contributed by atoms with E-state index in [1.54, 1.807) is 12.1 Å². The van der Waals surface area contributed by atoms with Crippen LogP contribution in [0.1, 0.15) is 48.2 Å². The highest BCUT2D eigenvalue weighted by Gasteiger charge is 2.15. The van der Waals surface area contributed by atoms with Gasteiger partial charge in [-0.3, -0.25) is 4.79 Å². The van der Waals surface area contributed by atoms with E-state index in [-0.39, 0.29) is 5.91 Å². The van der Waals surface area contributed by atoms with Crippen LogP contribution in [0.3, 0.4) is 0 Å². The first-order valence-electron chi connectivity index (χ1n) is 8.28. The van der Waals surface area contributed by atoms with Gasteiger partial charge in [0.15, 0.2) is 0 Å². The van der Waals surface area contributed by atoms with Crippen LogP contribution in [0, 0.1) is 6.92 Å². The highest BCUT2D eigenvalue weighted by atomic mass is 35.5. The molecule has 1 saturated carbocycles. The Kier molecular flexibility index (Phi) is 5.30. The number of nitrogens with one attached hydrogen (secondary N) is 2. The summed E-state index contributed by atoms with van der Waals surface area (Å²) in [6.45, 7) is 1.95. The maximum atomic E-state index is 12.4. The summed E-state index contributed by atoms with van der Waals surface area (Å²) in [6, 6.07) is 7.62. The van der Waals surface area contributed by atoms with E-state index >= 15 is 0 Å². The molecule has 0 radical (unpaired) electrons. The topological polar surface area (TPSA) is 66.9 Å². The minimum absolute atomic E-state index is 0.296. The van der Waals surface area contributed by atoms with Crippen LogP contribution >= 0.6 is 11.6 Å². The van der Waals surface area contributed by atoms with E-state index in [9.17, 15) is 4.79 Å². The Morgan fingerprint density at radius 3 is 2.71 bits per heavy atom. The van der Waals surface area contributed by atoms with E-state index in [2.05, 4.69) is 20.6 Å². The number of hydrogen-bond acceptors (Lipinski definition) is 4. The molecular weight excluding hydrogens is 324 g/mol. The summed E-state index contributed by atoms with van der Waals surface area (Å²) in [4.78, 5) is 20.7. The first kappa shape index (κ1) is 16.7. The monoisotopic (exact) mass is 344 g/mol. The van der Waals surface area contributed by atoms with E-state index < -0.39 is 0 Å². The normalized spacial score (nSPS) is 15.1. The molecule has 0 bridgehead atoms. The number of amides is 1. The maximum absolute atomic E-state index is 12.4. The van der Waals surface area contributed by atoms with Gasteiger partial charge in [0.1, 0.15) is 17.8 Å². The van der Waals surface area contributed by atoms with E-state index in [0.29, 0.717) is 28.3 Å². The lowest BCUT2D eigenvalue weighted by Gasteiger charge is -2.23. The predicted molar refractivity (Wildman–Crippen MR) is 96.7 cm³/mol. The molecule has 0 unspecified atom stereocenters. The molecule has 0 atom stereocenters. The minimum Gasteiger partial charge on any atom is -0.367 e. The Morgan fingerprint density at radius 1 is 1.17 bits per heavy atom. The summed E-state index contributed by atoms with van der Waals surface area (Å²) in [6.07, 6.45) is 7.47. The van der Waals surface area contributed by atoms with E-state index in [0.717, 1.165) is 18.4 Å². The van der Waals surface area contributed by atoms with Crippen molar-refractivity contribution in [3.63, 3.8) is 0 Å². The Balaban J connectivity index is 1.69. The second kappa shape index (κ2) is 7.62. The van der Waals surface area contributed by atoms with Crippen molar-refractivity contribution in [1.29, 1.82) is 0 Å². The van der Waals surface area contributed by atoms with Crippen LogP contribution < -0.4 is 10.6 Å². The molecule has 1 amide bonds. The Bertz CT molecular complexity index is 729. The summed E-state index contributed by atoms with van der Waals surface area (Å²) in [5.41, 5.74) is 1.94. The van der Waals surface area contributed by atoms with Crippen LogP contribution in [-0.2, 0) is 0 Å². The molecule has 1 aromatic heterocycles. The number of hydrogen-bond donors (Lipinski definition) is 2. The number of halogens is 1. The van der Waals surface area contributed by atoms with E-state index in [4.69, 9.17) is 11.6 Å². The second-order valence-electron chi connectivity index (χ2n) is 6.21. The molecule has 0 spiro atoms. The molecule has 2 N–H and O–H groups in total. The zero-order chi connectivity index (χ0) is 16.9. The van der Waals surface area contributed by atoms with Gasteiger partial charge in [-0.15, -0.1) is 0 Å². The molecular formula is C18H21ClN4O. The molecule has 1 aliphatic rings. The van der Waals surface area contributed by atoms with Gasteiger partial charge >= 0.3 is 0 Å². The molecule has 0 aliphatic heterocycles. The number of aromatic nitrogens is 2. The lowest BCUT2D eigenvalue weighted by atomic mass is 9.95. The van der Waals surface area contributed by atoms with Gasteiger partial charge in [0.2, 0.25) is 0 Å². The number of carbonyl (C=O) groups is 1. The van der Waals surface area contributed by atoms with Crippen LogP contribution in [0.2, 0.25) is 5.02 Å². The van der Waals surface area contributed by atoms with Gasteiger partial charge in [-0.25, -0.2) is 9.97 Å². The Hall–Kier alpha value is -2.14. The van der Waals surface area contributed by atoms with Crippen LogP contribution in [0.15, 0.2) is 30.6 Å². The fraction of sp³-hybridized carbons (Fsp3) is 0.389.